The summed E-state index contributed by atoms with van der Waals surface area (Å²) < 4.78 is 5.04. The number of carbonyl (C=O) groups is 2. The van der Waals surface area contributed by atoms with Crippen molar-refractivity contribution >= 4 is 17.6 Å². The Morgan fingerprint density at radius 1 is 1.25 bits per heavy atom. The number of hydrazine groups is 1. The molecule has 1 amide bonds. The first-order valence-corrected chi connectivity index (χ1v) is 9.45. The largest absolute Gasteiger partial charge is 0.465 e. The van der Waals surface area contributed by atoms with Crippen molar-refractivity contribution in [2.75, 3.05) is 25.5 Å². The predicted molar refractivity (Wildman–Crippen MR) is 111 cm³/mol. The maximum atomic E-state index is 12.5. The Kier molecular flexibility index (Phi) is 10.0. The molecule has 0 fully saturated rings. The van der Waals surface area contributed by atoms with Gasteiger partial charge in [0.2, 0.25) is 5.91 Å². The third-order valence-corrected chi connectivity index (χ3v) is 3.89. The van der Waals surface area contributed by atoms with Gasteiger partial charge in [0.05, 0.1) is 13.2 Å². The molecule has 28 heavy (non-hydrogen) atoms. The van der Waals surface area contributed by atoms with Crippen molar-refractivity contribution in [1.29, 1.82) is 0 Å². The Morgan fingerprint density at radius 2 is 1.89 bits per heavy atom. The molecule has 1 aromatic rings. The lowest BCUT2D eigenvalue weighted by Gasteiger charge is -2.18. The third-order valence-electron chi connectivity index (χ3n) is 3.89. The number of likely N-dealkylation sites (N-methyl/N-ethyl adjacent to an activating group) is 1. The van der Waals surface area contributed by atoms with Gasteiger partial charge in [0.15, 0.2) is 0 Å². The molecule has 156 valence electrons. The van der Waals surface area contributed by atoms with Crippen molar-refractivity contribution in [2.24, 2.45) is 23.4 Å². The minimum absolute atomic E-state index is 0.196. The predicted octanol–water partition coefficient (Wildman–Crippen LogP) is 1.55. The van der Waals surface area contributed by atoms with E-state index in [-0.39, 0.29) is 18.4 Å². The molecule has 1 rings (SSSR count). The van der Waals surface area contributed by atoms with E-state index in [9.17, 15) is 9.59 Å². The lowest BCUT2D eigenvalue weighted by Crippen LogP contribution is -2.32. The molecule has 0 aliphatic heterocycles. The minimum Gasteiger partial charge on any atom is -0.465 e. The van der Waals surface area contributed by atoms with E-state index in [1.165, 1.54) is 5.01 Å². The standard InChI is InChI=1S/C20H33N5O3/c1-5-28-20(27)18(10-14(2)3)19(26)24-17-8-6-15(7-9-17)12-25(22)13-16(21)11-23-4/h6-9,13-14,18,23H,5,10-12,21-22H2,1-4H3,(H,24,26)/b16-13-. The molecule has 1 aromatic carbocycles. The number of anilines is 1. The summed E-state index contributed by atoms with van der Waals surface area (Å²) >= 11 is 0. The number of esters is 1. The van der Waals surface area contributed by atoms with Crippen LogP contribution < -0.4 is 22.2 Å². The number of ether oxygens (including phenoxy) is 1. The Labute approximate surface area is 167 Å². The number of rotatable bonds is 11. The summed E-state index contributed by atoms with van der Waals surface area (Å²) in [5.74, 6) is 4.46. The Bertz CT molecular complexity index is 658. The lowest BCUT2D eigenvalue weighted by atomic mass is 9.96. The van der Waals surface area contributed by atoms with Crippen molar-refractivity contribution in [3.05, 3.63) is 41.7 Å². The second-order valence-electron chi connectivity index (χ2n) is 7.03. The smallest absolute Gasteiger partial charge is 0.318 e. The average Bonchev–Trinajstić information content (AvgIpc) is 2.61. The van der Waals surface area contributed by atoms with Gasteiger partial charge in [-0.1, -0.05) is 26.0 Å². The van der Waals surface area contributed by atoms with Crippen molar-refractivity contribution in [2.45, 2.75) is 33.7 Å². The summed E-state index contributed by atoms with van der Waals surface area (Å²) in [4.78, 5) is 24.6. The fourth-order valence-electron chi connectivity index (χ4n) is 2.67. The summed E-state index contributed by atoms with van der Waals surface area (Å²) in [6, 6.07) is 7.28. The zero-order valence-corrected chi connectivity index (χ0v) is 17.2. The highest BCUT2D eigenvalue weighted by molar-refractivity contribution is 6.04. The van der Waals surface area contributed by atoms with Gasteiger partial charge in [-0.3, -0.25) is 9.59 Å². The summed E-state index contributed by atoms with van der Waals surface area (Å²) in [5.41, 5.74) is 8.01. The van der Waals surface area contributed by atoms with Crippen LogP contribution in [0.4, 0.5) is 5.69 Å². The quantitative estimate of drug-likeness (QED) is 0.195. The van der Waals surface area contributed by atoms with E-state index >= 15 is 0 Å². The molecule has 0 saturated carbocycles. The first-order chi connectivity index (χ1) is 13.3. The summed E-state index contributed by atoms with van der Waals surface area (Å²) in [6.45, 7) is 6.92. The molecule has 0 bridgehead atoms. The fourth-order valence-corrected chi connectivity index (χ4v) is 2.67. The van der Waals surface area contributed by atoms with Gasteiger partial charge in [-0.15, -0.1) is 0 Å². The van der Waals surface area contributed by atoms with E-state index in [4.69, 9.17) is 16.3 Å². The van der Waals surface area contributed by atoms with E-state index < -0.39 is 11.9 Å². The molecule has 8 heteroatoms. The third kappa shape index (κ3) is 8.41. The minimum atomic E-state index is -0.820. The molecule has 0 aromatic heterocycles. The normalized spacial score (nSPS) is 12.6. The molecule has 0 heterocycles. The van der Waals surface area contributed by atoms with E-state index in [2.05, 4.69) is 10.6 Å². The maximum absolute atomic E-state index is 12.5. The monoisotopic (exact) mass is 391 g/mol. The lowest BCUT2D eigenvalue weighted by molar-refractivity contribution is -0.151. The van der Waals surface area contributed by atoms with E-state index in [0.717, 1.165) is 5.56 Å². The number of benzene rings is 1. The molecule has 8 nitrogen and oxygen atoms in total. The van der Waals surface area contributed by atoms with Crippen LogP contribution in [0.25, 0.3) is 0 Å². The first kappa shape index (κ1) is 23.5. The van der Waals surface area contributed by atoms with E-state index in [1.807, 2.05) is 33.0 Å². The van der Waals surface area contributed by atoms with E-state index in [1.54, 1.807) is 25.3 Å². The van der Waals surface area contributed by atoms with Gasteiger partial charge < -0.3 is 26.1 Å². The topological polar surface area (TPSA) is 123 Å². The maximum Gasteiger partial charge on any atom is 0.318 e. The van der Waals surface area contributed by atoms with Crippen LogP contribution in [-0.2, 0) is 20.9 Å². The average molecular weight is 392 g/mol. The summed E-state index contributed by atoms with van der Waals surface area (Å²) in [7, 11) is 1.81. The molecule has 0 aliphatic rings. The van der Waals surface area contributed by atoms with Gasteiger partial charge in [-0.2, -0.15) is 0 Å². The highest BCUT2D eigenvalue weighted by Crippen LogP contribution is 2.18. The highest BCUT2D eigenvalue weighted by Gasteiger charge is 2.28. The van der Waals surface area contributed by atoms with Crippen LogP contribution in [0.1, 0.15) is 32.8 Å². The molecule has 1 atom stereocenters. The van der Waals surface area contributed by atoms with Crippen LogP contribution in [0.2, 0.25) is 0 Å². The molecule has 0 saturated heterocycles. The van der Waals surface area contributed by atoms with Crippen LogP contribution in [0.3, 0.4) is 0 Å². The molecule has 0 spiro atoms. The summed E-state index contributed by atoms with van der Waals surface area (Å²) in [6.07, 6.45) is 2.10. The van der Waals surface area contributed by atoms with Crippen molar-refractivity contribution in [1.82, 2.24) is 10.3 Å². The number of nitrogens with zero attached hydrogens (tertiary/aromatic N) is 1. The van der Waals surface area contributed by atoms with Gasteiger partial charge >= 0.3 is 5.97 Å². The number of hydrogen-bond donors (Lipinski definition) is 4. The second-order valence-corrected chi connectivity index (χ2v) is 7.03. The van der Waals surface area contributed by atoms with Crippen LogP contribution >= 0.6 is 0 Å². The SMILES string of the molecule is CCOC(=O)C(CC(C)C)C(=O)Nc1ccc(CN(N)/C=C(\N)CNC)cc1. The molecule has 6 N–H and O–H groups in total. The zero-order chi connectivity index (χ0) is 21.1. The number of carbonyl (C=O) groups excluding carboxylic acids is 2. The van der Waals surface area contributed by atoms with Gasteiger partial charge in [-0.25, -0.2) is 5.84 Å². The zero-order valence-electron chi connectivity index (χ0n) is 17.2. The van der Waals surface area contributed by atoms with Crippen molar-refractivity contribution in [3.63, 3.8) is 0 Å². The Balaban J connectivity index is 2.72. The Hall–Kier alpha value is -2.58. The van der Waals surface area contributed by atoms with Gasteiger partial charge in [-0.05, 0) is 44.0 Å². The van der Waals surface area contributed by atoms with Crippen LogP contribution in [0.15, 0.2) is 36.2 Å². The second kappa shape index (κ2) is 12.0. The molecular formula is C20H33N5O3. The van der Waals surface area contributed by atoms with Gasteiger partial charge in [0.25, 0.3) is 0 Å². The number of amides is 1. The van der Waals surface area contributed by atoms with Crippen LogP contribution in [-0.4, -0.2) is 37.1 Å². The van der Waals surface area contributed by atoms with Crippen LogP contribution in [0, 0.1) is 11.8 Å². The van der Waals surface area contributed by atoms with Gasteiger partial charge in [0, 0.05) is 24.1 Å². The highest BCUT2D eigenvalue weighted by atomic mass is 16.5. The number of nitrogens with two attached hydrogens (primary N) is 2. The van der Waals surface area contributed by atoms with Gasteiger partial charge in [0.1, 0.15) is 5.92 Å². The van der Waals surface area contributed by atoms with Crippen molar-refractivity contribution < 1.29 is 14.3 Å². The molecule has 0 radical (unpaired) electrons. The molecular weight excluding hydrogens is 358 g/mol. The summed E-state index contributed by atoms with van der Waals surface area (Å²) in [5, 5.41) is 7.24. The molecule has 0 aliphatic carbocycles. The van der Waals surface area contributed by atoms with E-state index in [0.29, 0.717) is 30.9 Å². The fraction of sp³-hybridized carbons (Fsp3) is 0.500. The number of hydrogen-bond acceptors (Lipinski definition) is 7. The Morgan fingerprint density at radius 3 is 2.43 bits per heavy atom. The van der Waals surface area contributed by atoms with Crippen LogP contribution in [0.5, 0.6) is 0 Å². The number of nitrogens with one attached hydrogen (secondary N) is 2. The first-order valence-electron chi connectivity index (χ1n) is 9.45. The van der Waals surface area contributed by atoms with Crippen molar-refractivity contribution in [3.8, 4) is 0 Å². The molecule has 1 unspecified atom stereocenters.